The van der Waals surface area contributed by atoms with Gasteiger partial charge in [0, 0.05) is 7.05 Å². The van der Waals surface area contributed by atoms with Crippen LogP contribution in [0.25, 0.3) is 28.1 Å². The number of aryl methyl sites for hydroxylation is 1. The summed E-state index contributed by atoms with van der Waals surface area (Å²) in [6.45, 7) is 0.449. The molecule has 0 saturated heterocycles. The first-order valence-corrected chi connectivity index (χ1v) is 12.1. The second kappa shape index (κ2) is 9.33. The summed E-state index contributed by atoms with van der Waals surface area (Å²) < 4.78 is 17.3. The molecule has 3 heterocycles. The maximum Gasteiger partial charge on any atom is 0.297 e. The molecule has 6 rings (SSSR count). The van der Waals surface area contributed by atoms with Crippen LogP contribution in [0.4, 0.5) is 0 Å². The zero-order chi connectivity index (χ0) is 24.5. The zero-order valence-corrected chi connectivity index (χ0v) is 19.9. The summed E-state index contributed by atoms with van der Waals surface area (Å²) in [6, 6.07) is 20.1. The van der Waals surface area contributed by atoms with Crippen LogP contribution in [0.5, 0.6) is 11.8 Å². The molecule has 1 fully saturated rings. The summed E-state index contributed by atoms with van der Waals surface area (Å²) in [6.07, 6.45) is 6.60. The van der Waals surface area contributed by atoms with Gasteiger partial charge in [-0.05, 0) is 49.6 Å². The van der Waals surface area contributed by atoms with Crippen molar-refractivity contribution in [3.8, 4) is 28.8 Å². The summed E-state index contributed by atoms with van der Waals surface area (Å²) >= 11 is 0. The predicted octanol–water partition coefficient (Wildman–Crippen LogP) is 4.17. The highest BCUT2D eigenvalue weighted by molar-refractivity contribution is 5.76. The van der Waals surface area contributed by atoms with Crippen LogP contribution in [-0.2, 0) is 7.05 Å². The van der Waals surface area contributed by atoms with Crippen LogP contribution < -0.4 is 14.9 Å². The number of hydrogen-bond acceptors (Lipinski definition) is 6. The van der Waals surface area contributed by atoms with E-state index in [1.165, 1.54) is 0 Å². The van der Waals surface area contributed by atoms with Crippen molar-refractivity contribution in [2.75, 3.05) is 13.2 Å². The molecule has 1 aliphatic carbocycles. The van der Waals surface area contributed by atoms with Gasteiger partial charge in [-0.2, -0.15) is 15.2 Å². The van der Waals surface area contributed by atoms with E-state index in [2.05, 4.69) is 10.1 Å². The summed E-state index contributed by atoms with van der Waals surface area (Å²) in [5.41, 5.74) is 3.39. The van der Waals surface area contributed by atoms with E-state index in [-0.39, 0.29) is 30.4 Å². The average Bonchev–Trinajstić information content (AvgIpc) is 3.48. The highest BCUT2D eigenvalue weighted by atomic mass is 16.5. The van der Waals surface area contributed by atoms with Crippen molar-refractivity contribution >= 4 is 11.0 Å². The van der Waals surface area contributed by atoms with E-state index in [4.69, 9.17) is 14.6 Å². The number of para-hydroxylation sites is 3. The molecule has 0 aliphatic heterocycles. The Bertz CT molecular complexity index is 1570. The smallest absolute Gasteiger partial charge is 0.297 e. The van der Waals surface area contributed by atoms with E-state index < -0.39 is 0 Å². The number of hydrogen-bond donors (Lipinski definition) is 0. The van der Waals surface area contributed by atoms with Crippen molar-refractivity contribution in [2.24, 2.45) is 7.05 Å². The maximum atomic E-state index is 13.5. The molecular formula is C27H26N6O3. The standard InChI is InChI=1S/C27H26N6O3/c1-31-22-13-6-5-12-21(22)29-27(31)36-17-16-35-24-18-32(19-10-7-11-19)30-25(26(24)34)23-14-15-28-33(23)20-8-3-2-4-9-20/h2-6,8-9,12-15,18-19H,7,10-11,16-17H2,1H3. The van der Waals surface area contributed by atoms with Crippen LogP contribution in [0.3, 0.4) is 0 Å². The largest absolute Gasteiger partial charge is 0.484 e. The fraction of sp³-hybridized carbons (Fsp3) is 0.259. The number of aromatic nitrogens is 6. The number of rotatable bonds is 8. The van der Waals surface area contributed by atoms with Crippen molar-refractivity contribution in [3.05, 3.63) is 83.3 Å². The number of nitrogens with zero attached hydrogens (tertiary/aromatic N) is 6. The zero-order valence-electron chi connectivity index (χ0n) is 19.9. The summed E-state index contributed by atoms with van der Waals surface area (Å²) in [5.74, 6) is 0.251. The average molecular weight is 483 g/mol. The Hall–Kier alpha value is -4.40. The molecule has 0 radical (unpaired) electrons. The molecule has 0 atom stereocenters. The van der Waals surface area contributed by atoms with Gasteiger partial charge in [0.05, 0.1) is 40.9 Å². The Morgan fingerprint density at radius 2 is 1.75 bits per heavy atom. The lowest BCUT2D eigenvalue weighted by Crippen LogP contribution is -2.25. The molecule has 36 heavy (non-hydrogen) atoms. The van der Waals surface area contributed by atoms with Crippen molar-refractivity contribution in [1.82, 2.24) is 29.1 Å². The Morgan fingerprint density at radius 3 is 2.53 bits per heavy atom. The van der Waals surface area contributed by atoms with Gasteiger partial charge >= 0.3 is 0 Å². The molecule has 2 aromatic carbocycles. The van der Waals surface area contributed by atoms with E-state index in [0.717, 1.165) is 36.0 Å². The SMILES string of the molecule is Cn1c(OCCOc2cn(C3CCC3)nc(-c3ccnn3-c3ccccc3)c2=O)nc2ccccc21. The van der Waals surface area contributed by atoms with Gasteiger partial charge in [-0.1, -0.05) is 30.3 Å². The summed E-state index contributed by atoms with van der Waals surface area (Å²) in [7, 11) is 1.91. The number of benzene rings is 2. The minimum Gasteiger partial charge on any atom is -0.484 e. The Balaban J connectivity index is 1.26. The summed E-state index contributed by atoms with van der Waals surface area (Å²) in [5, 5.41) is 9.15. The van der Waals surface area contributed by atoms with Crippen molar-refractivity contribution < 1.29 is 9.47 Å². The third-order valence-electron chi connectivity index (χ3n) is 6.56. The molecule has 0 bridgehead atoms. The van der Waals surface area contributed by atoms with Gasteiger partial charge in [0.1, 0.15) is 13.2 Å². The summed E-state index contributed by atoms with van der Waals surface area (Å²) in [4.78, 5) is 18.0. The maximum absolute atomic E-state index is 13.5. The van der Waals surface area contributed by atoms with Crippen LogP contribution in [0.2, 0.25) is 0 Å². The van der Waals surface area contributed by atoms with Crippen LogP contribution in [0.1, 0.15) is 25.3 Å². The minimum atomic E-state index is -0.272. The highest BCUT2D eigenvalue weighted by Crippen LogP contribution is 2.32. The minimum absolute atomic E-state index is 0.199. The van der Waals surface area contributed by atoms with Crippen LogP contribution in [0, 0.1) is 0 Å². The molecule has 1 aliphatic rings. The van der Waals surface area contributed by atoms with Gasteiger partial charge < -0.3 is 9.47 Å². The van der Waals surface area contributed by atoms with Crippen molar-refractivity contribution in [1.29, 1.82) is 0 Å². The van der Waals surface area contributed by atoms with Crippen LogP contribution in [0.15, 0.2) is 77.9 Å². The molecule has 5 aromatic rings. The van der Waals surface area contributed by atoms with E-state index >= 15 is 0 Å². The lowest BCUT2D eigenvalue weighted by Gasteiger charge is -2.27. The monoisotopic (exact) mass is 482 g/mol. The number of fused-ring (bicyclic) bond motifs is 1. The molecule has 9 nitrogen and oxygen atoms in total. The predicted molar refractivity (Wildman–Crippen MR) is 136 cm³/mol. The highest BCUT2D eigenvalue weighted by Gasteiger charge is 2.24. The van der Waals surface area contributed by atoms with Gasteiger partial charge in [0.2, 0.25) is 0 Å². The quantitative estimate of drug-likeness (QED) is 0.309. The first-order valence-electron chi connectivity index (χ1n) is 12.1. The Morgan fingerprint density at radius 1 is 0.972 bits per heavy atom. The van der Waals surface area contributed by atoms with Gasteiger partial charge in [-0.25, -0.2) is 4.68 Å². The second-order valence-electron chi connectivity index (χ2n) is 8.84. The van der Waals surface area contributed by atoms with Crippen LogP contribution >= 0.6 is 0 Å². The van der Waals surface area contributed by atoms with Crippen LogP contribution in [-0.4, -0.2) is 42.3 Å². The first-order chi connectivity index (χ1) is 17.7. The van der Waals surface area contributed by atoms with E-state index in [9.17, 15) is 4.79 Å². The number of ether oxygens (including phenoxy) is 2. The molecule has 9 heteroatoms. The van der Waals surface area contributed by atoms with Gasteiger partial charge in [0.25, 0.3) is 11.4 Å². The van der Waals surface area contributed by atoms with Gasteiger partial charge in [0.15, 0.2) is 11.4 Å². The molecular weight excluding hydrogens is 456 g/mol. The Labute approximate surface area is 207 Å². The first kappa shape index (κ1) is 22.1. The lowest BCUT2D eigenvalue weighted by molar-refractivity contribution is 0.198. The van der Waals surface area contributed by atoms with Crippen molar-refractivity contribution in [3.63, 3.8) is 0 Å². The third-order valence-corrected chi connectivity index (χ3v) is 6.56. The third kappa shape index (κ3) is 4.02. The molecule has 3 aromatic heterocycles. The van der Waals surface area contributed by atoms with E-state index in [0.29, 0.717) is 17.4 Å². The number of imidazole rings is 1. The second-order valence-corrected chi connectivity index (χ2v) is 8.84. The topological polar surface area (TPSA) is 89.0 Å². The Kier molecular flexibility index (Phi) is 5.73. The van der Waals surface area contributed by atoms with Gasteiger partial charge in [-0.3, -0.25) is 14.0 Å². The van der Waals surface area contributed by atoms with Gasteiger partial charge in [-0.15, -0.1) is 0 Å². The molecule has 182 valence electrons. The van der Waals surface area contributed by atoms with E-state index in [1.54, 1.807) is 23.1 Å². The van der Waals surface area contributed by atoms with Crippen molar-refractivity contribution in [2.45, 2.75) is 25.3 Å². The fourth-order valence-electron chi connectivity index (χ4n) is 4.39. The molecule has 1 saturated carbocycles. The lowest BCUT2D eigenvalue weighted by atomic mass is 9.93. The normalized spacial score (nSPS) is 13.6. The molecule has 0 unspecified atom stereocenters. The molecule has 0 N–H and O–H groups in total. The molecule has 0 spiro atoms. The van der Waals surface area contributed by atoms with E-state index in [1.807, 2.05) is 70.9 Å². The molecule has 0 amide bonds. The fourth-order valence-corrected chi connectivity index (χ4v) is 4.39.